The van der Waals surface area contributed by atoms with Gasteiger partial charge in [0.2, 0.25) is 0 Å². The molecule has 0 radical (unpaired) electrons. The van der Waals surface area contributed by atoms with Crippen LogP contribution in [0.15, 0.2) is 0 Å². The maximum absolute atomic E-state index is 4.43. The second-order valence-corrected chi connectivity index (χ2v) is 4.89. The SMILES string of the molecule is Cc1nn(C)c(C)c1NC1CCN(C)CC1. The first kappa shape index (κ1) is 11.5. The molecule has 1 saturated heterocycles. The van der Waals surface area contributed by atoms with Crippen LogP contribution in [0, 0.1) is 13.8 Å². The van der Waals surface area contributed by atoms with Crippen LogP contribution in [-0.2, 0) is 7.05 Å². The van der Waals surface area contributed by atoms with E-state index in [2.05, 4.69) is 36.2 Å². The number of nitrogens with zero attached hydrogens (tertiary/aromatic N) is 3. The Morgan fingerprint density at radius 1 is 1.19 bits per heavy atom. The zero-order valence-electron chi connectivity index (χ0n) is 10.7. The topological polar surface area (TPSA) is 33.1 Å². The second-order valence-electron chi connectivity index (χ2n) is 4.89. The summed E-state index contributed by atoms with van der Waals surface area (Å²) in [4.78, 5) is 2.39. The molecule has 1 aliphatic heterocycles. The van der Waals surface area contributed by atoms with Gasteiger partial charge in [0, 0.05) is 13.1 Å². The Morgan fingerprint density at radius 3 is 2.31 bits per heavy atom. The van der Waals surface area contributed by atoms with E-state index >= 15 is 0 Å². The van der Waals surface area contributed by atoms with Gasteiger partial charge in [-0.1, -0.05) is 0 Å². The highest BCUT2D eigenvalue weighted by molar-refractivity contribution is 5.52. The Kier molecular flexibility index (Phi) is 3.19. The molecule has 0 unspecified atom stereocenters. The van der Waals surface area contributed by atoms with E-state index in [-0.39, 0.29) is 0 Å². The van der Waals surface area contributed by atoms with Crippen LogP contribution in [0.4, 0.5) is 5.69 Å². The maximum atomic E-state index is 4.43. The van der Waals surface area contributed by atoms with Gasteiger partial charge in [-0.25, -0.2) is 0 Å². The molecule has 0 spiro atoms. The van der Waals surface area contributed by atoms with Crippen molar-refractivity contribution in [2.45, 2.75) is 32.7 Å². The van der Waals surface area contributed by atoms with Gasteiger partial charge in [-0.2, -0.15) is 5.10 Å². The first-order valence-electron chi connectivity index (χ1n) is 6.03. The first-order chi connectivity index (χ1) is 7.58. The highest BCUT2D eigenvalue weighted by atomic mass is 15.3. The van der Waals surface area contributed by atoms with Crippen molar-refractivity contribution in [3.63, 3.8) is 0 Å². The Balaban J connectivity index is 2.03. The number of rotatable bonds is 2. The van der Waals surface area contributed by atoms with Crippen molar-refractivity contribution in [2.75, 3.05) is 25.5 Å². The van der Waals surface area contributed by atoms with Crippen LogP contribution in [0.3, 0.4) is 0 Å². The average Bonchev–Trinajstić information content (AvgIpc) is 2.48. The molecule has 0 aromatic carbocycles. The third-order valence-electron chi connectivity index (χ3n) is 3.58. The molecular formula is C12H22N4. The fraction of sp³-hybridized carbons (Fsp3) is 0.750. The Morgan fingerprint density at radius 2 is 1.81 bits per heavy atom. The van der Waals surface area contributed by atoms with Crippen LogP contribution in [0.25, 0.3) is 0 Å². The number of aryl methyl sites for hydroxylation is 2. The zero-order chi connectivity index (χ0) is 11.7. The van der Waals surface area contributed by atoms with E-state index < -0.39 is 0 Å². The number of piperidine rings is 1. The summed E-state index contributed by atoms with van der Waals surface area (Å²) in [6.07, 6.45) is 2.45. The fourth-order valence-corrected chi connectivity index (χ4v) is 2.34. The predicted molar refractivity (Wildman–Crippen MR) is 66.8 cm³/mol. The molecule has 1 fully saturated rings. The number of nitrogens with one attached hydrogen (secondary N) is 1. The fourth-order valence-electron chi connectivity index (χ4n) is 2.34. The van der Waals surface area contributed by atoms with Crippen LogP contribution in [0.5, 0.6) is 0 Å². The molecule has 0 saturated carbocycles. The average molecular weight is 222 g/mol. The van der Waals surface area contributed by atoms with Crippen molar-refractivity contribution >= 4 is 5.69 Å². The minimum absolute atomic E-state index is 0.609. The van der Waals surface area contributed by atoms with E-state index in [1.165, 1.54) is 37.3 Å². The lowest BCUT2D eigenvalue weighted by Crippen LogP contribution is -2.36. The second kappa shape index (κ2) is 4.45. The number of hydrogen-bond acceptors (Lipinski definition) is 3. The molecule has 1 aromatic rings. The molecule has 4 heteroatoms. The van der Waals surface area contributed by atoms with Crippen molar-refractivity contribution in [3.8, 4) is 0 Å². The van der Waals surface area contributed by atoms with E-state index in [1.54, 1.807) is 0 Å². The Bertz CT molecular complexity index is 361. The minimum atomic E-state index is 0.609. The van der Waals surface area contributed by atoms with Crippen LogP contribution < -0.4 is 5.32 Å². The molecule has 90 valence electrons. The van der Waals surface area contributed by atoms with Gasteiger partial charge in [0.05, 0.1) is 17.1 Å². The van der Waals surface area contributed by atoms with Crippen LogP contribution in [0.2, 0.25) is 0 Å². The Hall–Kier alpha value is -1.03. The molecule has 0 atom stereocenters. The molecule has 0 bridgehead atoms. The quantitative estimate of drug-likeness (QED) is 0.824. The van der Waals surface area contributed by atoms with Gasteiger partial charge in [0.1, 0.15) is 0 Å². The summed E-state index contributed by atoms with van der Waals surface area (Å²) in [5, 5.41) is 8.08. The van der Waals surface area contributed by atoms with Crippen molar-refractivity contribution < 1.29 is 0 Å². The van der Waals surface area contributed by atoms with Crippen LogP contribution >= 0.6 is 0 Å². The summed E-state index contributed by atoms with van der Waals surface area (Å²) >= 11 is 0. The van der Waals surface area contributed by atoms with E-state index in [4.69, 9.17) is 0 Å². The molecule has 0 aliphatic carbocycles. The summed E-state index contributed by atoms with van der Waals surface area (Å²) in [6, 6.07) is 0.609. The molecule has 2 rings (SSSR count). The van der Waals surface area contributed by atoms with E-state index in [1.807, 2.05) is 11.7 Å². The highest BCUT2D eigenvalue weighted by Crippen LogP contribution is 2.22. The van der Waals surface area contributed by atoms with Gasteiger partial charge in [-0.05, 0) is 46.8 Å². The number of anilines is 1. The third kappa shape index (κ3) is 2.21. The van der Waals surface area contributed by atoms with Gasteiger partial charge in [0.15, 0.2) is 0 Å². The normalized spacial score (nSPS) is 19.0. The summed E-state index contributed by atoms with van der Waals surface area (Å²) in [7, 11) is 4.19. The first-order valence-corrected chi connectivity index (χ1v) is 6.03. The van der Waals surface area contributed by atoms with E-state index in [9.17, 15) is 0 Å². The third-order valence-corrected chi connectivity index (χ3v) is 3.58. The van der Waals surface area contributed by atoms with Crippen LogP contribution in [-0.4, -0.2) is 40.9 Å². The molecule has 2 heterocycles. The largest absolute Gasteiger partial charge is 0.379 e. The van der Waals surface area contributed by atoms with Crippen molar-refractivity contribution in [1.29, 1.82) is 0 Å². The lowest BCUT2D eigenvalue weighted by atomic mass is 10.1. The smallest absolute Gasteiger partial charge is 0.0827 e. The summed E-state index contributed by atoms with van der Waals surface area (Å²) in [5.74, 6) is 0. The predicted octanol–water partition coefficient (Wildman–Crippen LogP) is 1.54. The standard InChI is InChI=1S/C12H22N4/c1-9-12(10(2)16(4)14-9)13-11-5-7-15(3)8-6-11/h11,13H,5-8H2,1-4H3. The van der Waals surface area contributed by atoms with Crippen molar-refractivity contribution in [3.05, 3.63) is 11.4 Å². The molecule has 16 heavy (non-hydrogen) atoms. The zero-order valence-corrected chi connectivity index (χ0v) is 10.7. The molecule has 4 nitrogen and oxygen atoms in total. The summed E-state index contributed by atoms with van der Waals surface area (Å²) in [6.45, 7) is 6.58. The lowest BCUT2D eigenvalue weighted by Gasteiger charge is -2.30. The highest BCUT2D eigenvalue weighted by Gasteiger charge is 2.19. The van der Waals surface area contributed by atoms with Gasteiger partial charge in [-0.15, -0.1) is 0 Å². The molecular weight excluding hydrogens is 200 g/mol. The van der Waals surface area contributed by atoms with E-state index in [0.29, 0.717) is 6.04 Å². The van der Waals surface area contributed by atoms with Gasteiger partial charge < -0.3 is 10.2 Å². The molecule has 1 N–H and O–H groups in total. The molecule has 1 aromatic heterocycles. The Labute approximate surface area is 97.6 Å². The summed E-state index contributed by atoms with van der Waals surface area (Å²) < 4.78 is 1.95. The summed E-state index contributed by atoms with van der Waals surface area (Å²) in [5.41, 5.74) is 3.58. The maximum Gasteiger partial charge on any atom is 0.0827 e. The monoisotopic (exact) mass is 222 g/mol. The number of aromatic nitrogens is 2. The lowest BCUT2D eigenvalue weighted by molar-refractivity contribution is 0.264. The van der Waals surface area contributed by atoms with Crippen molar-refractivity contribution in [2.24, 2.45) is 7.05 Å². The van der Waals surface area contributed by atoms with Crippen molar-refractivity contribution in [1.82, 2.24) is 14.7 Å². The number of hydrogen-bond donors (Lipinski definition) is 1. The van der Waals surface area contributed by atoms with Gasteiger partial charge >= 0.3 is 0 Å². The minimum Gasteiger partial charge on any atom is -0.379 e. The van der Waals surface area contributed by atoms with Crippen LogP contribution in [0.1, 0.15) is 24.2 Å². The number of likely N-dealkylation sites (tertiary alicyclic amines) is 1. The van der Waals surface area contributed by atoms with Gasteiger partial charge in [-0.3, -0.25) is 4.68 Å². The van der Waals surface area contributed by atoms with E-state index in [0.717, 1.165) is 5.69 Å². The molecule has 0 amide bonds. The van der Waals surface area contributed by atoms with Gasteiger partial charge in [0.25, 0.3) is 0 Å². The molecule has 1 aliphatic rings.